The van der Waals surface area contributed by atoms with Crippen LogP contribution in [0.3, 0.4) is 0 Å². The molecule has 0 aliphatic heterocycles. The lowest BCUT2D eigenvalue weighted by Gasteiger charge is -2.05. The highest BCUT2D eigenvalue weighted by atomic mass is 35.5. The smallest absolute Gasteiger partial charge is 0.305 e. The first-order chi connectivity index (χ1) is 8.20. The van der Waals surface area contributed by atoms with Gasteiger partial charge in [-0.2, -0.15) is 0 Å². The maximum Gasteiger partial charge on any atom is 0.305 e. The van der Waals surface area contributed by atoms with Crippen LogP contribution in [-0.2, 0) is 9.53 Å². The van der Waals surface area contributed by atoms with Crippen molar-refractivity contribution in [3.05, 3.63) is 0 Å². The van der Waals surface area contributed by atoms with E-state index in [1.165, 1.54) is 39.2 Å². The number of esters is 1. The molecule has 1 unspecified atom stereocenters. The van der Waals surface area contributed by atoms with E-state index in [0.29, 0.717) is 11.8 Å². The van der Waals surface area contributed by atoms with Crippen LogP contribution in [0, 0.1) is 0 Å². The zero-order chi connectivity index (χ0) is 12.9. The Kier molecular flexibility index (Phi) is 12.1. The molecule has 0 aromatic rings. The largest absolute Gasteiger partial charge is 0.469 e. The molecule has 0 saturated heterocycles. The van der Waals surface area contributed by atoms with Crippen molar-refractivity contribution in [1.82, 2.24) is 0 Å². The summed E-state index contributed by atoms with van der Waals surface area (Å²) in [6.07, 6.45) is 11.3. The molecule has 0 N–H and O–H groups in total. The highest BCUT2D eigenvalue weighted by Crippen LogP contribution is 2.14. The molecule has 0 saturated carbocycles. The fourth-order valence-corrected chi connectivity index (χ4v) is 1.98. The molecule has 102 valence electrons. The normalized spacial score (nSPS) is 12.4. The van der Waals surface area contributed by atoms with Gasteiger partial charge in [0.05, 0.1) is 7.11 Å². The molecule has 0 aromatic carbocycles. The van der Waals surface area contributed by atoms with Gasteiger partial charge >= 0.3 is 5.97 Å². The van der Waals surface area contributed by atoms with E-state index in [2.05, 4.69) is 11.7 Å². The fraction of sp³-hybridized carbons (Fsp3) is 0.929. The van der Waals surface area contributed by atoms with Crippen molar-refractivity contribution < 1.29 is 9.53 Å². The zero-order valence-corrected chi connectivity index (χ0v) is 12.1. The number of carbonyl (C=O) groups excluding carboxylic acids is 1. The molecule has 0 spiro atoms. The Labute approximate surface area is 111 Å². The predicted octanol–water partition coefficient (Wildman–Crippen LogP) is 4.69. The lowest BCUT2D eigenvalue weighted by molar-refractivity contribution is -0.140. The van der Waals surface area contributed by atoms with Crippen LogP contribution in [0.2, 0.25) is 0 Å². The quantitative estimate of drug-likeness (QED) is 0.307. The topological polar surface area (TPSA) is 26.3 Å². The molecule has 2 nitrogen and oxygen atoms in total. The minimum atomic E-state index is -0.0854. The van der Waals surface area contributed by atoms with E-state index in [9.17, 15) is 4.79 Å². The number of halogens is 1. The molecular formula is C14H27ClO2. The van der Waals surface area contributed by atoms with Crippen LogP contribution < -0.4 is 0 Å². The molecule has 0 fully saturated rings. The Morgan fingerprint density at radius 1 is 1.06 bits per heavy atom. The Balaban J connectivity index is 3.06. The Morgan fingerprint density at radius 2 is 1.59 bits per heavy atom. The third kappa shape index (κ3) is 12.0. The number of rotatable bonds is 11. The lowest BCUT2D eigenvalue weighted by Crippen LogP contribution is -1.99. The van der Waals surface area contributed by atoms with Crippen molar-refractivity contribution >= 4 is 17.6 Å². The van der Waals surface area contributed by atoms with Crippen LogP contribution in [0.4, 0.5) is 0 Å². The summed E-state index contributed by atoms with van der Waals surface area (Å²) in [7, 11) is 1.45. The van der Waals surface area contributed by atoms with Crippen LogP contribution in [0.1, 0.15) is 71.1 Å². The molecule has 0 radical (unpaired) electrons. The Morgan fingerprint density at radius 3 is 2.12 bits per heavy atom. The van der Waals surface area contributed by atoms with E-state index < -0.39 is 0 Å². The van der Waals surface area contributed by atoms with E-state index in [-0.39, 0.29) is 5.97 Å². The molecule has 3 heteroatoms. The monoisotopic (exact) mass is 262 g/mol. The third-order valence-electron chi connectivity index (χ3n) is 3.07. The number of ether oxygens (including phenoxy) is 1. The second-order valence-electron chi connectivity index (χ2n) is 4.60. The SMILES string of the molecule is CCC(Cl)CCCCCCCCCC(=O)OC. The number of hydrogen-bond donors (Lipinski definition) is 0. The molecule has 0 rings (SSSR count). The molecule has 0 heterocycles. The number of methoxy groups -OCH3 is 1. The van der Waals surface area contributed by atoms with E-state index in [0.717, 1.165) is 25.7 Å². The fourth-order valence-electron chi connectivity index (χ4n) is 1.83. The maximum absolute atomic E-state index is 10.8. The molecule has 0 aliphatic carbocycles. The number of alkyl halides is 1. The van der Waals surface area contributed by atoms with Gasteiger partial charge in [0.15, 0.2) is 0 Å². The van der Waals surface area contributed by atoms with Crippen LogP contribution in [0.5, 0.6) is 0 Å². The Hall–Kier alpha value is -0.240. The summed E-state index contributed by atoms with van der Waals surface area (Å²) in [6, 6.07) is 0. The molecule has 0 aliphatic rings. The zero-order valence-electron chi connectivity index (χ0n) is 11.3. The van der Waals surface area contributed by atoms with E-state index >= 15 is 0 Å². The highest BCUT2D eigenvalue weighted by molar-refractivity contribution is 6.20. The van der Waals surface area contributed by atoms with E-state index in [1.807, 2.05) is 0 Å². The summed E-state index contributed by atoms with van der Waals surface area (Å²) in [5, 5.41) is 0.370. The number of carbonyl (C=O) groups is 1. The van der Waals surface area contributed by atoms with Crippen molar-refractivity contribution in [3.63, 3.8) is 0 Å². The average Bonchev–Trinajstić information content (AvgIpc) is 2.35. The van der Waals surface area contributed by atoms with Gasteiger partial charge in [-0.1, -0.05) is 45.4 Å². The summed E-state index contributed by atoms with van der Waals surface area (Å²) >= 11 is 6.05. The van der Waals surface area contributed by atoms with Gasteiger partial charge in [-0.05, 0) is 19.3 Å². The molecular weight excluding hydrogens is 236 g/mol. The van der Waals surface area contributed by atoms with Crippen molar-refractivity contribution in [2.75, 3.05) is 7.11 Å². The second kappa shape index (κ2) is 12.2. The van der Waals surface area contributed by atoms with Crippen molar-refractivity contribution in [1.29, 1.82) is 0 Å². The number of hydrogen-bond acceptors (Lipinski definition) is 2. The first kappa shape index (κ1) is 16.8. The van der Waals surface area contributed by atoms with Crippen LogP contribution in [0.15, 0.2) is 0 Å². The summed E-state index contributed by atoms with van der Waals surface area (Å²) in [6.45, 7) is 2.14. The molecule has 1 atom stereocenters. The molecule has 0 bridgehead atoms. The minimum absolute atomic E-state index is 0.0854. The van der Waals surface area contributed by atoms with Crippen LogP contribution in [-0.4, -0.2) is 18.5 Å². The second-order valence-corrected chi connectivity index (χ2v) is 5.21. The van der Waals surface area contributed by atoms with Crippen LogP contribution in [0.25, 0.3) is 0 Å². The van der Waals surface area contributed by atoms with Crippen molar-refractivity contribution in [3.8, 4) is 0 Å². The van der Waals surface area contributed by atoms with E-state index in [4.69, 9.17) is 11.6 Å². The summed E-state index contributed by atoms with van der Waals surface area (Å²) < 4.78 is 4.59. The van der Waals surface area contributed by atoms with Gasteiger partial charge in [0.1, 0.15) is 0 Å². The first-order valence-corrected chi connectivity index (χ1v) is 7.35. The maximum atomic E-state index is 10.8. The first-order valence-electron chi connectivity index (χ1n) is 6.91. The minimum Gasteiger partial charge on any atom is -0.469 e. The summed E-state index contributed by atoms with van der Waals surface area (Å²) in [5.41, 5.74) is 0. The summed E-state index contributed by atoms with van der Waals surface area (Å²) in [5.74, 6) is -0.0854. The molecule has 0 aromatic heterocycles. The van der Waals surface area contributed by atoms with Gasteiger partial charge in [-0.15, -0.1) is 11.6 Å². The molecule has 0 amide bonds. The van der Waals surface area contributed by atoms with Gasteiger partial charge in [0.2, 0.25) is 0 Å². The lowest BCUT2D eigenvalue weighted by atomic mass is 10.1. The van der Waals surface area contributed by atoms with Crippen molar-refractivity contribution in [2.24, 2.45) is 0 Å². The third-order valence-corrected chi connectivity index (χ3v) is 3.60. The van der Waals surface area contributed by atoms with Gasteiger partial charge in [-0.3, -0.25) is 4.79 Å². The van der Waals surface area contributed by atoms with Crippen molar-refractivity contribution in [2.45, 2.75) is 76.5 Å². The average molecular weight is 263 g/mol. The molecule has 17 heavy (non-hydrogen) atoms. The van der Waals surface area contributed by atoms with E-state index in [1.54, 1.807) is 0 Å². The van der Waals surface area contributed by atoms with Gasteiger partial charge in [0, 0.05) is 11.8 Å². The van der Waals surface area contributed by atoms with Gasteiger partial charge < -0.3 is 4.74 Å². The number of unbranched alkanes of at least 4 members (excludes halogenated alkanes) is 6. The summed E-state index contributed by atoms with van der Waals surface area (Å²) in [4.78, 5) is 10.8. The standard InChI is InChI=1S/C14H27ClO2/c1-3-13(15)11-9-7-5-4-6-8-10-12-14(16)17-2/h13H,3-12H2,1-2H3. The van der Waals surface area contributed by atoms with Gasteiger partial charge in [-0.25, -0.2) is 0 Å². The van der Waals surface area contributed by atoms with Crippen LogP contribution >= 0.6 is 11.6 Å². The van der Waals surface area contributed by atoms with Gasteiger partial charge in [0.25, 0.3) is 0 Å². The highest BCUT2D eigenvalue weighted by Gasteiger charge is 2.01. The predicted molar refractivity (Wildman–Crippen MR) is 73.5 cm³/mol. The Bertz CT molecular complexity index is 183.